The monoisotopic (exact) mass is 514 g/mol. The van der Waals surface area contributed by atoms with Crippen LogP contribution in [0.4, 0.5) is 5.82 Å². The maximum absolute atomic E-state index is 13.5. The summed E-state index contributed by atoms with van der Waals surface area (Å²) < 4.78 is 0. The largest absolute Gasteiger partial charge is 0.370 e. The van der Waals surface area contributed by atoms with Crippen LogP contribution in [-0.2, 0) is 9.59 Å². The second-order valence-electron chi connectivity index (χ2n) is 10.5. The van der Waals surface area contributed by atoms with Crippen molar-refractivity contribution in [2.24, 2.45) is 17.3 Å². The molecule has 2 aliphatic heterocycles. The second kappa shape index (κ2) is 9.98. The number of hydrogen-bond donors (Lipinski definition) is 1. The summed E-state index contributed by atoms with van der Waals surface area (Å²) in [5.41, 5.74) is 1.01. The lowest BCUT2D eigenvalue weighted by Gasteiger charge is -2.34. The molecule has 0 unspecified atom stereocenters. The van der Waals surface area contributed by atoms with E-state index in [1.54, 1.807) is 6.20 Å². The van der Waals surface area contributed by atoms with Gasteiger partial charge in [-0.2, -0.15) is 0 Å². The van der Waals surface area contributed by atoms with Gasteiger partial charge < -0.3 is 15.1 Å². The van der Waals surface area contributed by atoms with E-state index in [9.17, 15) is 9.59 Å². The molecule has 1 aromatic heterocycles. The number of aromatic nitrogens is 1. The van der Waals surface area contributed by atoms with Crippen molar-refractivity contribution in [1.29, 1.82) is 0 Å². The Balaban J connectivity index is 1.24. The van der Waals surface area contributed by atoms with E-state index in [0.717, 1.165) is 37.1 Å². The van der Waals surface area contributed by atoms with E-state index in [0.29, 0.717) is 42.8 Å². The average molecular weight is 515 g/mol. The van der Waals surface area contributed by atoms with Crippen molar-refractivity contribution >= 4 is 40.8 Å². The fourth-order valence-electron chi connectivity index (χ4n) is 5.46. The zero-order valence-electron chi connectivity index (χ0n) is 20.1. The van der Waals surface area contributed by atoms with Gasteiger partial charge in [0.2, 0.25) is 11.8 Å². The molecule has 0 bridgehead atoms. The standard InChI is InChI=1S/C27H32Cl2N4O2/c1-27(9-10-27)26(35)32-11-7-18(8-12-32)25(34)33-16-20(14-30-24-6-5-22(29)15-31-24)23(17-33)19-3-2-4-21(28)13-19/h2-6,13,15,18,20,23H,7-12,14,16-17H2,1H3,(H,30,31)/t20-,23+/m0/s1. The summed E-state index contributed by atoms with van der Waals surface area (Å²) in [6.07, 6.45) is 5.10. The first-order valence-electron chi connectivity index (χ1n) is 12.5. The quantitative estimate of drug-likeness (QED) is 0.583. The first-order valence-corrected chi connectivity index (χ1v) is 13.3. The number of benzene rings is 1. The van der Waals surface area contributed by atoms with Gasteiger partial charge in [0.25, 0.3) is 0 Å². The lowest BCUT2D eigenvalue weighted by Crippen LogP contribution is -2.45. The van der Waals surface area contributed by atoms with Crippen molar-refractivity contribution < 1.29 is 9.59 Å². The number of hydrogen-bond acceptors (Lipinski definition) is 4. The van der Waals surface area contributed by atoms with Crippen LogP contribution in [0, 0.1) is 17.3 Å². The third-order valence-corrected chi connectivity index (χ3v) is 8.41. The highest BCUT2D eigenvalue weighted by Gasteiger charge is 2.48. The Labute approximate surface area is 217 Å². The smallest absolute Gasteiger partial charge is 0.228 e. The zero-order chi connectivity index (χ0) is 24.6. The van der Waals surface area contributed by atoms with E-state index < -0.39 is 0 Å². The second-order valence-corrected chi connectivity index (χ2v) is 11.4. The van der Waals surface area contributed by atoms with Gasteiger partial charge in [0.15, 0.2) is 0 Å². The van der Waals surface area contributed by atoms with Crippen LogP contribution in [0.5, 0.6) is 0 Å². The lowest BCUT2D eigenvalue weighted by molar-refractivity contribution is -0.142. The Morgan fingerprint density at radius 2 is 1.83 bits per heavy atom. The molecule has 3 heterocycles. The maximum Gasteiger partial charge on any atom is 0.228 e. The number of halogens is 2. The van der Waals surface area contributed by atoms with Crippen molar-refractivity contribution in [3.63, 3.8) is 0 Å². The number of nitrogens with zero attached hydrogens (tertiary/aromatic N) is 3. The molecule has 1 aromatic carbocycles. The van der Waals surface area contributed by atoms with Crippen LogP contribution in [0.3, 0.4) is 0 Å². The molecule has 35 heavy (non-hydrogen) atoms. The van der Waals surface area contributed by atoms with Crippen LogP contribution in [0.2, 0.25) is 10.0 Å². The number of nitrogens with one attached hydrogen (secondary N) is 1. The predicted octanol–water partition coefficient (Wildman–Crippen LogP) is 5.08. The number of likely N-dealkylation sites (tertiary alicyclic amines) is 2. The van der Waals surface area contributed by atoms with Crippen LogP contribution in [0.25, 0.3) is 0 Å². The third-order valence-electron chi connectivity index (χ3n) is 7.95. The van der Waals surface area contributed by atoms with Crippen LogP contribution in [-0.4, -0.2) is 59.3 Å². The Hall–Kier alpha value is -2.31. The summed E-state index contributed by atoms with van der Waals surface area (Å²) in [6.45, 7) is 5.49. The number of pyridine rings is 1. The fourth-order valence-corrected chi connectivity index (χ4v) is 5.77. The number of rotatable bonds is 6. The molecule has 3 aliphatic rings. The first-order chi connectivity index (χ1) is 16.8. The van der Waals surface area contributed by atoms with Crippen LogP contribution in [0.1, 0.15) is 44.1 Å². The van der Waals surface area contributed by atoms with E-state index in [4.69, 9.17) is 23.2 Å². The van der Waals surface area contributed by atoms with Gasteiger partial charge in [-0.25, -0.2) is 4.98 Å². The molecule has 5 rings (SSSR count). The summed E-state index contributed by atoms with van der Waals surface area (Å²) in [4.78, 5) is 34.6. The van der Waals surface area contributed by atoms with Crippen molar-refractivity contribution in [3.8, 4) is 0 Å². The minimum atomic E-state index is -0.144. The minimum absolute atomic E-state index is 0.0179. The van der Waals surface area contributed by atoms with Gasteiger partial charge >= 0.3 is 0 Å². The van der Waals surface area contributed by atoms with E-state index >= 15 is 0 Å². The summed E-state index contributed by atoms with van der Waals surface area (Å²) in [7, 11) is 0. The summed E-state index contributed by atoms with van der Waals surface area (Å²) in [6, 6.07) is 11.6. The summed E-state index contributed by atoms with van der Waals surface area (Å²) in [5, 5.41) is 4.73. The molecule has 8 heteroatoms. The number of carbonyl (C=O) groups is 2. The SMILES string of the molecule is CC1(C(=O)N2CCC(C(=O)N3C[C@H](CNc4ccc(Cl)cn4)[C@@H](c4cccc(Cl)c4)C3)CC2)CC1. The van der Waals surface area contributed by atoms with Gasteiger partial charge in [-0.15, -0.1) is 0 Å². The van der Waals surface area contributed by atoms with Crippen LogP contribution >= 0.6 is 23.2 Å². The predicted molar refractivity (Wildman–Crippen MR) is 139 cm³/mol. The molecule has 2 amide bonds. The third kappa shape index (κ3) is 5.44. The molecule has 6 nitrogen and oxygen atoms in total. The van der Waals surface area contributed by atoms with E-state index in [1.807, 2.05) is 40.1 Å². The van der Waals surface area contributed by atoms with Crippen LogP contribution in [0.15, 0.2) is 42.6 Å². The van der Waals surface area contributed by atoms with Gasteiger partial charge in [0.05, 0.1) is 5.02 Å². The minimum Gasteiger partial charge on any atom is -0.370 e. The molecule has 2 aromatic rings. The van der Waals surface area contributed by atoms with Gasteiger partial charge in [0.1, 0.15) is 5.82 Å². The molecule has 1 N–H and O–H groups in total. The Kier molecular flexibility index (Phi) is 6.95. The highest BCUT2D eigenvalue weighted by molar-refractivity contribution is 6.30. The number of piperidine rings is 1. The van der Waals surface area contributed by atoms with Crippen molar-refractivity contribution in [2.45, 2.75) is 38.5 Å². The van der Waals surface area contributed by atoms with Crippen molar-refractivity contribution in [3.05, 3.63) is 58.2 Å². The molecule has 0 radical (unpaired) electrons. The molecule has 3 fully saturated rings. The average Bonchev–Trinajstić information content (AvgIpc) is 3.48. The zero-order valence-corrected chi connectivity index (χ0v) is 21.6. The lowest BCUT2D eigenvalue weighted by atomic mass is 9.89. The normalized spacial score (nSPS) is 23.9. The summed E-state index contributed by atoms with van der Waals surface area (Å²) >= 11 is 12.3. The molecule has 1 aliphatic carbocycles. The summed E-state index contributed by atoms with van der Waals surface area (Å²) in [5.74, 6) is 1.66. The van der Waals surface area contributed by atoms with E-state index in [1.165, 1.54) is 0 Å². The Morgan fingerprint density at radius 3 is 2.49 bits per heavy atom. The van der Waals surface area contributed by atoms with Gasteiger partial charge in [-0.3, -0.25) is 9.59 Å². The molecule has 1 saturated carbocycles. The Morgan fingerprint density at radius 1 is 1.06 bits per heavy atom. The van der Waals surface area contributed by atoms with Crippen molar-refractivity contribution in [2.75, 3.05) is 38.0 Å². The van der Waals surface area contributed by atoms with Crippen molar-refractivity contribution in [1.82, 2.24) is 14.8 Å². The number of amides is 2. The molecular formula is C27H32Cl2N4O2. The Bertz CT molecular complexity index is 1080. The highest BCUT2D eigenvalue weighted by atomic mass is 35.5. The van der Waals surface area contributed by atoms with Crippen LogP contribution < -0.4 is 5.32 Å². The van der Waals surface area contributed by atoms with E-state index in [-0.39, 0.29) is 35.0 Å². The van der Waals surface area contributed by atoms with Gasteiger partial charge in [-0.05, 0) is 55.5 Å². The molecule has 186 valence electrons. The number of carbonyl (C=O) groups excluding carboxylic acids is 2. The highest BCUT2D eigenvalue weighted by Crippen LogP contribution is 2.47. The van der Waals surface area contributed by atoms with Gasteiger partial charge in [-0.1, -0.05) is 42.3 Å². The molecule has 2 atom stereocenters. The first kappa shape index (κ1) is 24.4. The van der Waals surface area contributed by atoms with Gasteiger partial charge in [0, 0.05) is 67.1 Å². The molecule has 2 saturated heterocycles. The molecule has 0 spiro atoms. The maximum atomic E-state index is 13.5. The van der Waals surface area contributed by atoms with E-state index in [2.05, 4.69) is 23.3 Å². The number of anilines is 1. The molecular weight excluding hydrogens is 483 g/mol. The topological polar surface area (TPSA) is 65.5 Å². The fraction of sp³-hybridized carbons (Fsp3) is 0.519.